The molecule has 0 aliphatic heterocycles. The first-order valence-corrected chi connectivity index (χ1v) is 7.34. The van der Waals surface area contributed by atoms with Gasteiger partial charge in [-0.1, -0.05) is 47.5 Å². The highest BCUT2D eigenvalue weighted by Crippen LogP contribution is 2.28. The molecule has 0 saturated heterocycles. The normalized spacial score (nSPS) is 11.0. The van der Waals surface area contributed by atoms with Gasteiger partial charge < -0.3 is 4.57 Å². The van der Waals surface area contributed by atoms with E-state index in [0.29, 0.717) is 16.6 Å². The average Bonchev–Trinajstić information content (AvgIpc) is 2.74. The summed E-state index contributed by atoms with van der Waals surface area (Å²) in [6.45, 7) is 2.56. The third kappa shape index (κ3) is 2.45. The van der Waals surface area contributed by atoms with Gasteiger partial charge in [0.2, 0.25) is 0 Å². The van der Waals surface area contributed by atoms with E-state index in [1.165, 1.54) is 0 Å². The molecule has 0 saturated carbocycles. The number of benzene rings is 2. The van der Waals surface area contributed by atoms with Gasteiger partial charge in [-0.05, 0) is 30.7 Å². The maximum Gasteiger partial charge on any atom is 0.152 e. The monoisotopic (exact) mass is 317 g/mol. The van der Waals surface area contributed by atoms with E-state index in [0.717, 1.165) is 34.0 Å². The molecule has 0 spiro atoms. The molecular formula is C17H13Cl2NO. The molecule has 2 aromatic carbocycles. The second kappa shape index (κ2) is 5.55. The zero-order valence-electron chi connectivity index (χ0n) is 11.4. The molecule has 1 heterocycles. The summed E-state index contributed by atoms with van der Waals surface area (Å²) in [5, 5.41) is 2.22. The average molecular weight is 318 g/mol. The van der Waals surface area contributed by atoms with Crippen LogP contribution in [0.25, 0.3) is 10.9 Å². The number of aromatic nitrogens is 1. The summed E-state index contributed by atoms with van der Waals surface area (Å²) in [6.07, 6.45) is 0.914. The van der Waals surface area contributed by atoms with E-state index in [9.17, 15) is 4.79 Å². The van der Waals surface area contributed by atoms with Crippen LogP contribution in [0.4, 0.5) is 0 Å². The molecule has 3 aromatic rings. The summed E-state index contributed by atoms with van der Waals surface area (Å²) in [5.74, 6) is 0. The number of nitrogens with zero attached hydrogens (tertiary/aromatic N) is 1. The Labute approximate surface area is 132 Å². The molecule has 0 aliphatic rings. The van der Waals surface area contributed by atoms with Crippen LogP contribution in [-0.4, -0.2) is 10.9 Å². The lowest BCUT2D eigenvalue weighted by Crippen LogP contribution is -2.02. The topological polar surface area (TPSA) is 22.0 Å². The first kappa shape index (κ1) is 14.2. The van der Waals surface area contributed by atoms with Crippen LogP contribution in [0.1, 0.15) is 21.6 Å². The molecular weight excluding hydrogens is 305 g/mol. The maximum absolute atomic E-state index is 11.4. The summed E-state index contributed by atoms with van der Waals surface area (Å²) in [6, 6.07) is 13.4. The van der Waals surface area contributed by atoms with Crippen molar-refractivity contribution in [2.45, 2.75) is 13.5 Å². The smallest absolute Gasteiger partial charge is 0.152 e. The van der Waals surface area contributed by atoms with Crippen molar-refractivity contribution in [1.29, 1.82) is 0 Å². The molecule has 0 N–H and O–H groups in total. The van der Waals surface area contributed by atoms with Crippen LogP contribution >= 0.6 is 23.2 Å². The number of carbonyl (C=O) groups excluding carboxylic acids is 1. The summed E-state index contributed by atoms with van der Waals surface area (Å²) < 4.78 is 2.11. The third-order valence-corrected chi connectivity index (χ3v) is 4.33. The quantitative estimate of drug-likeness (QED) is 0.615. The summed E-state index contributed by atoms with van der Waals surface area (Å²) in [7, 11) is 0. The SMILES string of the molecule is Cc1c(C=O)c2ccccc2n1Cc1ccc(Cl)cc1Cl. The highest BCUT2D eigenvalue weighted by Gasteiger charge is 2.14. The Morgan fingerprint density at radius 1 is 1.14 bits per heavy atom. The lowest BCUT2D eigenvalue weighted by atomic mass is 10.1. The lowest BCUT2D eigenvalue weighted by Gasteiger charge is -2.10. The standard InChI is InChI=1S/C17H13Cl2NO/c1-11-15(10-21)14-4-2-3-5-17(14)20(11)9-12-6-7-13(18)8-16(12)19/h2-8,10H,9H2,1H3. The van der Waals surface area contributed by atoms with Gasteiger partial charge in [-0.2, -0.15) is 0 Å². The van der Waals surface area contributed by atoms with Crippen LogP contribution in [0.2, 0.25) is 10.0 Å². The highest BCUT2D eigenvalue weighted by atomic mass is 35.5. The predicted molar refractivity (Wildman–Crippen MR) is 87.6 cm³/mol. The van der Waals surface area contributed by atoms with Crippen molar-refractivity contribution in [3.05, 3.63) is 69.3 Å². The van der Waals surface area contributed by atoms with E-state index in [1.807, 2.05) is 43.3 Å². The Balaban J connectivity index is 2.16. The zero-order valence-corrected chi connectivity index (χ0v) is 12.9. The molecule has 21 heavy (non-hydrogen) atoms. The van der Waals surface area contributed by atoms with Crippen molar-refractivity contribution in [3.63, 3.8) is 0 Å². The van der Waals surface area contributed by atoms with Crippen molar-refractivity contribution in [1.82, 2.24) is 4.57 Å². The van der Waals surface area contributed by atoms with Crippen molar-refractivity contribution in [2.75, 3.05) is 0 Å². The Kier molecular flexibility index (Phi) is 3.75. The van der Waals surface area contributed by atoms with E-state index < -0.39 is 0 Å². The number of halogens is 2. The van der Waals surface area contributed by atoms with E-state index in [1.54, 1.807) is 6.07 Å². The summed E-state index contributed by atoms with van der Waals surface area (Å²) in [5.41, 5.74) is 3.68. The van der Waals surface area contributed by atoms with Crippen molar-refractivity contribution in [3.8, 4) is 0 Å². The summed E-state index contributed by atoms with van der Waals surface area (Å²) >= 11 is 12.2. The van der Waals surface area contributed by atoms with Gasteiger partial charge in [-0.15, -0.1) is 0 Å². The summed E-state index contributed by atoms with van der Waals surface area (Å²) in [4.78, 5) is 11.4. The molecule has 0 unspecified atom stereocenters. The largest absolute Gasteiger partial charge is 0.340 e. The number of hydrogen-bond donors (Lipinski definition) is 0. The predicted octanol–water partition coefficient (Wildman–Crippen LogP) is 5.12. The molecule has 0 radical (unpaired) electrons. The van der Waals surface area contributed by atoms with Gasteiger partial charge in [-0.25, -0.2) is 0 Å². The minimum atomic E-state index is 0.607. The van der Waals surface area contributed by atoms with Gasteiger partial charge in [0, 0.05) is 38.8 Å². The molecule has 1 aromatic heterocycles. The number of fused-ring (bicyclic) bond motifs is 1. The molecule has 106 valence electrons. The minimum absolute atomic E-state index is 0.607. The molecule has 3 rings (SSSR count). The second-order valence-electron chi connectivity index (χ2n) is 4.96. The van der Waals surface area contributed by atoms with Crippen molar-refractivity contribution >= 4 is 40.4 Å². The van der Waals surface area contributed by atoms with Gasteiger partial charge in [-0.3, -0.25) is 4.79 Å². The van der Waals surface area contributed by atoms with E-state index in [4.69, 9.17) is 23.2 Å². The van der Waals surface area contributed by atoms with Crippen molar-refractivity contribution in [2.24, 2.45) is 0 Å². The number of carbonyl (C=O) groups is 1. The fourth-order valence-corrected chi connectivity index (χ4v) is 3.10. The molecule has 0 fully saturated rings. The fourth-order valence-electron chi connectivity index (χ4n) is 2.63. The Bertz CT molecular complexity index is 836. The Morgan fingerprint density at radius 3 is 2.62 bits per heavy atom. The molecule has 0 amide bonds. The number of hydrogen-bond acceptors (Lipinski definition) is 1. The van der Waals surface area contributed by atoms with E-state index in [-0.39, 0.29) is 0 Å². The van der Waals surface area contributed by atoms with Crippen LogP contribution < -0.4 is 0 Å². The van der Waals surface area contributed by atoms with Crippen LogP contribution in [-0.2, 0) is 6.54 Å². The van der Waals surface area contributed by atoms with E-state index >= 15 is 0 Å². The molecule has 0 atom stereocenters. The second-order valence-corrected chi connectivity index (χ2v) is 5.80. The third-order valence-electron chi connectivity index (χ3n) is 3.74. The van der Waals surface area contributed by atoms with Crippen LogP contribution in [0.15, 0.2) is 42.5 Å². The molecule has 0 bridgehead atoms. The van der Waals surface area contributed by atoms with Crippen LogP contribution in [0.3, 0.4) is 0 Å². The van der Waals surface area contributed by atoms with Gasteiger partial charge in [0.15, 0.2) is 6.29 Å². The first-order chi connectivity index (χ1) is 10.1. The van der Waals surface area contributed by atoms with Gasteiger partial charge in [0.1, 0.15) is 0 Å². The van der Waals surface area contributed by atoms with Crippen molar-refractivity contribution < 1.29 is 4.79 Å². The Hall–Kier alpha value is -1.77. The van der Waals surface area contributed by atoms with Gasteiger partial charge in [0.25, 0.3) is 0 Å². The maximum atomic E-state index is 11.4. The van der Waals surface area contributed by atoms with Gasteiger partial charge >= 0.3 is 0 Å². The first-order valence-electron chi connectivity index (χ1n) is 6.58. The zero-order chi connectivity index (χ0) is 15.0. The Morgan fingerprint density at radius 2 is 1.90 bits per heavy atom. The minimum Gasteiger partial charge on any atom is -0.340 e. The van der Waals surface area contributed by atoms with Crippen LogP contribution in [0.5, 0.6) is 0 Å². The molecule has 2 nitrogen and oxygen atoms in total. The number of rotatable bonds is 3. The molecule has 4 heteroatoms. The lowest BCUT2D eigenvalue weighted by molar-refractivity contribution is 0.112. The number of aldehydes is 1. The van der Waals surface area contributed by atoms with E-state index in [2.05, 4.69) is 4.57 Å². The highest BCUT2D eigenvalue weighted by molar-refractivity contribution is 6.35. The van der Waals surface area contributed by atoms with Gasteiger partial charge in [0.05, 0.1) is 0 Å². The van der Waals surface area contributed by atoms with Crippen LogP contribution in [0, 0.1) is 6.92 Å². The number of para-hydroxylation sites is 1. The molecule has 0 aliphatic carbocycles. The fraction of sp³-hybridized carbons (Fsp3) is 0.118.